The molecule has 108 valence electrons. The molecule has 0 aromatic rings. The van der Waals surface area contributed by atoms with E-state index in [-0.39, 0.29) is 17.2 Å². The fourth-order valence-electron chi connectivity index (χ4n) is 1.55. The van der Waals surface area contributed by atoms with Crippen molar-refractivity contribution < 1.29 is 14.3 Å². The van der Waals surface area contributed by atoms with Crippen molar-refractivity contribution in [1.82, 2.24) is 0 Å². The van der Waals surface area contributed by atoms with E-state index in [1.165, 1.54) is 0 Å². The minimum Gasteiger partial charge on any atom is -0.411 e. The Morgan fingerprint density at radius 2 is 1.83 bits per heavy atom. The van der Waals surface area contributed by atoms with Crippen LogP contribution in [0.15, 0.2) is 12.7 Å². The minimum absolute atomic E-state index is 0.141. The monoisotopic (exact) mass is 274 g/mol. The van der Waals surface area contributed by atoms with Gasteiger partial charge < -0.3 is 14.3 Å². The topological polar surface area (TPSA) is 38.7 Å². The first-order chi connectivity index (χ1) is 8.06. The maximum atomic E-state index is 10.3. The van der Waals surface area contributed by atoms with Crippen LogP contribution in [-0.2, 0) is 9.16 Å². The van der Waals surface area contributed by atoms with Gasteiger partial charge >= 0.3 is 0 Å². The molecule has 0 heterocycles. The largest absolute Gasteiger partial charge is 0.411 e. The Kier molecular flexibility index (Phi) is 6.78. The van der Waals surface area contributed by atoms with E-state index in [4.69, 9.17) is 9.16 Å². The molecule has 0 aliphatic rings. The number of aliphatic hydroxyl groups is 1. The highest BCUT2D eigenvalue weighted by atomic mass is 28.4. The van der Waals surface area contributed by atoms with Gasteiger partial charge in [0.2, 0.25) is 0 Å². The molecule has 0 aliphatic carbocycles. The lowest BCUT2D eigenvalue weighted by molar-refractivity contribution is -0.0629. The summed E-state index contributed by atoms with van der Waals surface area (Å²) in [6.07, 6.45) is 1.29. The molecule has 0 fully saturated rings. The molecule has 0 spiro atoms. The summed E-state index contributed by atoms with van der Waals surface area (Å²) in [5.74, 6) is 0. The van der Waals surface area contributed by atoms with Gasteiger partial charge in [-0.2, -0.15) is 0 Å². The number of rotatable bonds is 7. The minimum atomic E-state index is -1.85. The smallest absolute Gasteiger partial charge is 0.192 e. The van der Waals surface area contributed by atoms with Gasteiger partial charge in [0, 0.05) is 7.11 Å². The first-order valence-corrected chi connectivity index (χ1v) is 9.47. The molecule has 0 bridgehead atoms. The van der Waals surface area contributed by atoms with E-state index >= 15 is 0 Å². The van der Waals surface area contributed by atoms with Crippen molar-refractivity contribution in [3.05, 3.63) is 12.7 Å². The van der Waals surface area contributed by atoms with Crippen molar-refractivity contribution in [2.45, 2.75) is 70.6 Å². The second kappa shape index (κ2) is 6.85. The SMILES string of the molecule is C=CC[C@@H](OC)[C@H](O)[C@@H](C)O[Si](C)(C)C(C)(C)C. The van der Waals surface area contributed by atoms with Gasteiger partial charge in [0.15, 0.2) is 8.32 Å². The van der Waals surface area contributed by atoms with Crippen LogP contribution in [0.5, 0.6) is 0 Å². The normalized spacial score (nSPS) is 18.2. The summed E-state index contributed by atoms with van der Waals surface area (Å²) < 4.78 is 11.5. The van der Waals surface area contributed by atoms with Crippen molar-refractivity contribution in [2.24, 2.45) is 0 Å². The van der Waals surface area contributed by atoms with Crippen LogP contribution >= 0.6 is 0 Å². The Morgan fingerprint density at radius 1 is 1.33 bits per heavy atom. The van der Waals surface area contributed by atoms with Crippen LogP contribution in [0.4, 0.5) is 0 Å². The van der Waals surface area contributed by atoms with E-state index < -0.39 is 14.4 Å². The van der Waals surface area contributed by atoms with Crippen molar-refractivity contribution in [2.75, 3.05) is 7.11 Å². The molecule has 0 saturated heterocycles. The highest BCUT2D eigenvalue weighted by Crippen LogP contribution is 2.37. The third-order valence-corrected chi connectivity index (χ3v) is 8.42. The molecule has 3 nitrogen and oxygen atoms in total. The quantitative estimate of drug-likeness (QED) is 0.571. The van der Waals surface area contributed by atoms with Crippen molar-refractivity contribution in [3.8, 4) is 0 Å². The van der Waals surface area contributed by atoms with Crippen molar-refractivity contribution in [3.63, 3.8) is 0 Å². The second-order valence-corrected chi connectivity index (χ2v) is 11.1. The van der Waals surface area contributed by atoms with Crippen LogP contribution in [0, 0.1) is 0 Å². The Hall–Kier alpha value is -0.163. The predicted molar refractivity (Wildman–Crippen MR) is 79.4 cm³/mol. The zero-order valence-corrected chi connectivity index (χ0v) is 14.0. The number of aliphatic hydroxyl groups excluding tert-OH is 1. The summed E-state index contributed by atoms with van der Waals surface area (Å²) in [5, 5.41) is 10.4. The highest BCUT2D eigenvalue weighted by molar-refractivity contribution is 6.74. The number of ether oxygens (including phenoxy) is 1. The van der Waals surface area contributed by atoms with Gasteiger partial charge in [-0.1, -0.05) is 26.8 Å². The van der Waals surface area contributed by atoms with E-state index in [1.807, 2.05) is 6.92 Å². The van der Waals surface area contributed by atoms with Crippen LogP contribution < -0.4 is 0 Å². The molecule has 0 rings (SSSR count). The lowest BCUT2D eigenvalue weighted by Crippen LogP contribution is -2.48. The summed E-state index contributed by atoms with van der Waals surface area (Å²) >= 11 is 0. The van der Waals surface area contributed by atoms with E-state index in [0.717, 1.165) is 0 Å². The fraction of sp³-hybridized carbons (Fsp3) is 0.857. The zero-order valence-electron chi connectivity index (χ0n) is 13.0. The van der Waals surface area contributed by atoms with Crippen LogP contribution in [-0.4, -0.2) is 38.8 Å². The van der Waals surface area contributed by atoms with E-state index in [9.17, 15) is 5.11 Å². The Labute approximate surface area is 113 Å². The molecule has 0 radical (unpaired) electrons. The van der Waals surface area contributed by atoms with Gasteiger partial charge in [0.05, 0.1) is 12.2 Å². The van der Waals surface area contributed by atoms with Crippen molar-refractivity contribution >= 4 is 8.32 Å². The number of hydrogen-bond acceptors (Lipinski definition) is 3. The molecule has 0 aliphatic heterocycles. The Morgan fingerprint density at radius 3 is 2.17 bits per heavy atom. The average Bonchev–Trinajstić information content (AvgIpc) is 2.22. The van der Waals surface area contributed by atoms with Gasteiger partial charge in [0.1, 0.15) is 6.10 Å². The molecule has 3 atom stereocenters. The maximum Gasteiger partial charge on any atom is 0.192 e. The van der Waals surface area contributed by atoms with E-state index in [2.05, 4.69) is 40.4 Å². The molecule has 4 heteroatoms. The molecular formula is C14H30O3Si. The summed E-state index contributed by atoms with van der Waals surface area (Å²) in [6, 6.07) is 0. The third-order valence-electron chi connectivity index (χ3n) is 3.85. The summed E-state index contributed by atoms with van der Waals surface area (Å²) in [7, 11) is -0.246. The molecule has 0 aromatic carbocycles. The van der Waals surface area contributed by atoms with Gasteiger partial charge in [-0.15, -0.1) is 6.58 Å². The summed E-state index contributed by atoms with van der Waals surface area (Å²) in [4.78, 5) is 0. The molecule has 18 heavy (non-hydrogen) atoms. The molecular weight excluding hydrogens is 244 g/mol. The van der Waals surface area contributed by atoms with Gasteiger partial charge in [0.25, 0.3) is 0 Å². The zero-order chi connectivity index (χ0) is 14.6. The predicted octanol–water partition coefficient (Wildman–Crippen LogP) is 3.35. The molecule has 0 amide bonds. The van der Waals surface area contributed by atoms with Crippen LogP contribution in [0.3, 0.4) is 0 Å². The first-order valence-electron chi connectivity index (χ1n) is 6.56. The third kappa shape index (κ3) is 4.84. The first kappa shape index (κ1) is 17.8. The molecule has 0 saturated carbocycles. The van der Waals surface area contributed by atoms with Gasteiger partial charge in [-0.3, -0.25) is 0 Å². The van der Waals surface area contributed by atoms with E-state index in [0.29, 0.717) is 6.42 Å². The molecule has 1 N–H and O–H groups in total. The Bertz CT molecular complexity index is 258. The summed E-state index contributed by atoms with van der Waals surface area (Å²) in [6.45, 7) is 16.5. The molecule has 0 aromatic heterocycles. The second-order valence-electron chi connectivity index (χ2n) is 6.37. The van der Waals surface area contributed by atoms with Crippen LogP contribution in [0.25, 0.3) is 0 Å². The highest BCUT2D eigenvalue weighted by Gasteiger charge is 2.40. The maximum absolute atomic E-state index is 10.3. The number of methoxy groups -OCH3 is 1. The Balaban J connectivity index is 4.65. The number of hydrogen-bond donors (Lipinski definition) is 1. The molecule has 0 unspecified atom stereocenters. The average molecular weight is 274 g/mol. The van der Waals surface area contributed by atoms with Crippen molar-refractivity contribution in [1.29, 1.82) is 0 Å². The fourth-order valence-corrected chi connectivity index (χ4v) is 2.98. The van der Waals surface area contributed by atoms with Crippen LogP contribution in [0.2, 0.25) is 18.1 Å². The van der Waals surface area contributed by atoms with Gasteiger partial charge in [-0.25, -0.2) is 0 Å². The summed E-state index contributed by atoms with van der Waals surface area (Å²) in [5.41, 5.74) is 0. The van der Waals surface area contributed by atoms with Crippen LogP contribution in [0.1, 0.15) is 34.1 Å². The lowest BCUT2D eigenvalue weighted by Gasteiger charge is -2.40. The van der Waals surface area contributed by atoms with Gasteiger partial charge in [-0.05, 0) is 31.5 Å². The van der Waals surface area contributed by atoms with E-state index in [1.54, 1.807) is 13.2 Å². The standard InChI is InChI=1S/C14H30O3Si/c1-9-10-12(16-6)13(15)11(2)17-18(7,8)14(3,4)5/h9,11-13,15H,1,10H2,2-8H3/t11-,12-,13-/m1/s1. The lowest BCUT2D eigenvalue weighted by atomic mass is 10.1.